The molecule has 0 saturated carbocycles. The lowest BCUT2D eigenvalue weighted by molar-refractivity contribution is -0.121. The minimum atomic E-state index is -0.107. The van der Waals surface area contributed by atoms with Crippen LogP contribution in [0.15, 0.2) is 79.3 Å². The van der Waals surface area contributed by atoms with Gasteiger partial charge in [0.15, 0.2) is 6.61 Å². The summed E-state index contributed by atoms with van der Waals surface area (Å²) in [4.78, 5) is 27.4. The summed E-state index contributed by atoms with van der Waals surface area (Å²) in [6, 6.07) is 18.7. The van der Waals surface area contributed by atoms with E-state index in [1.165, 1.54) is 0 Å². The molecule has 0 spiro atoms. The second-order valence-corrected chi connectivity index (χ2v) is 7.65. The van der Waals surface area contributed by atoms with E-state index in [1.807, 2.05) is 48.5 Å². The van der Waals surface area contributed by atoms with Gasteiger partial charge >= 0.3 is 0 Å². The number of ether oxygens (including phenoxy) is 1. The van der Waals surface area contributed by atoms with Crippen LogP contribution in [0.4, 0.5) is 17.3 Å². The van der Waals surface area contributed by atoms with Gasteiger partial charge in [-0.2, -0.15) is 0 Å². The number of hydrogen-bond donors (Lipinski definition) is 1. The van der Waals surface area contributed by atoms with E-state index in [2.05, 4.69) is 20.3 Å². The quantitative estimate of drug-likeness (QED) is 0.474. The lowest BCUT2D eigenvalue weighted by atomic mass is 10.1. The lowest BCUT2D eigenvalue weighted by Gasteiger charge is -2.29. The van der Waals surface area contributed by atoms with E-state index >= 15 is 0 Å². The van der Waals surface area contributed by atoms with Gasteiger partial charge in [-0.1, -0.05) is 23.7 Å². The molecule has 32 heavy (non-hydrogen) atoms. The molecule has 2 aromatic heterocycles. The molecule has 3 heterocycles. The molecule has 0 aliphatic carbocycles. The number of pyridine rings is 1. The Balaban J connectivity index is 1.46. The second-order valence-electron chi connectivity index (χ2n) is 7.21. The topological polar surface area (TPSA) is 80.2 Å². The van der Waals surface area contributed by atoms with Crippen molar-refractivity contribution in [2.45, 2.75) is 6.54 Å². The molecule has 1 aliphatic rings. The van der Waals surface area contributed by atoms with Gasteiger partial charge in [0.1, 0.15) is 5.75 Å². The third-order valence-electron chi connectivity index (χ3n) is 5.00. The van der Waals surface area contributed by atoms with Gasteiger partial charge in [0.2, 0.25) is 5.95 Å². The summed E-state index contributed by atoms with van der Waals surface area (Å²) in [5, 5.41) is 3.79. The zero-order valence-corrected chi connectivity index (χ0v) is 17.7. The van der Waals surface area contributed by atoms with Crippen LogP contribution in [0.1, 0.15) is 5.56 Å². The van der Waals surface area contributed by atoms with Crippen molar-refractivity contribution in [2.24, 2.45) is 0 Å². The first-order chi connectivity index (χ1) is 15.7. The first-order valence-electron chi connectivity index (χ1n) is 9.98. The third kappa shape index (κ3) is 4.24. The number of halogens is 1. The van der Waals surface area contributed by atoms with Crippen LogP contribution in [0.25, 0.3) is 11.3 Å². The molecule has 1 amide bonds. The molecule has 1 N–H and O–H groups in total. The molecule has 0 bridgehead atoms. The lowest BCUT2D eigenvalue weighted by Crippen LogP contribution is -2.38. The highest BCUT2D eigenvalue weighted by atomic mass is 35.5. The average molecular weight is 444 g/mol. The fourth-order valence-electron chi connectivity index (χ4n) is 3.48. The van der Waals surface area contributed by atoms with Gasteiger partial charge in [0.25, 0.3) is 5.91 Å². The van der Waals surface area contributed by atoms with Crippen molar-refractivity contribution in [1.29, 1.82) is 0 Å². The van der Waals surface area contributed by atoms with E-state index in [0.717, 1.165) is 16.8 Å². The number of benzene rings is 2. The Morgan fingerprint density at radius 2 is 2.00 bits per heavy atom. The molecule has 0 radical (unpaired) electrons. The molecule has 2 aromatic carbocycles. The highest BCUT2D eigenvalue weighted by Gasteiger charge is 2.26. The summed E-state index contributed by atoms with van der Waals surface area (Å²) >= 11 is 6.06. The number of fused-ring (bicyclic) bond motifs is 1. The van der Waals surface area contributed by atoms with Crippen LogP contribution in [-0.4, -0.2) is 27.5 Å². The number of anilines is 3. The smallest absolute Gasteiger partial charge is 0.265 e. The molecule has 158 valence electrons. The molecule has 0 saturated heterocycles. The summed E-state index contributed by atoms with van der Waals surface area (Å²) in [7, 11) is 0. The Bertz CT molecular complexity index is 1280. The third-order valence-corrected chi connectivity index (χ3v) is 5.23. The average Bonchev–Trinajstić information content (AvgIpc) is 2.81. The molecule has 0 atom stereocenters. The molecule has 0 unspecified atom stereocenters. The van der Waals surface area contributed by atoms with Crippen molar-refractivity contribution >= 4 is 34.8 Å². The highest BCUT2D eigenvalue weighted by molar-refractivity contribution is 6.30. The van der Waals surface area contributed by atoms with Crippen LogP contribution >= 0.6 is 11.6 Å². The maximum atomic E-state index is 12.6. The Labute approximate surface area is 189 Å². The normalized spacial score (nSPS) is 12.8. The monoisotopic (exact) mass is 443 g/mol. The number of carbonyl (C=O) groups excluding carboxylic acids is 1. The number of rotatable bonds is 5. The van der Waals surface area contributed by atoms with Crippen molar-refractivity contribution in [1.82, 2.24) is 15.0 Å². The molecule has 0 fully saturated rings. The SMILES string of the molecule is O=C1COc2ccc(-c3ccnc(Nc4cccc(Cl)c4)n3)cc2N1Cc1cccnc1. The molecule has 1 aliphatic heterocycles. The van der Waals surface area contributed by atoms with Crippen molar-refractivity contribution < 1.29 is 9.53 Å². The van der Waals surface area contributed by atoms with Crippen LogP contribution < -0.4 is 15.0 Å². The number of carbonyl (C=O) groups is 1. The molecule has 8 heteroatoms. The van der Waals surface area contributed by atoms with Crippen LogP contribution in [0.5, 0.6) is 5.75 Å². The number of hydrogen-bond acceptors (Lipinski definition) is 6. The van der Waals surface area contributed by atoms with Gasteiger partial charge in [0.05, 0.1) is 17.9 Å². The van der Waals surface area contributed by atoms with Crippen molar-refractivity contribution in [3.05, 3.63) is 89.8 Å². The molecular formula is C24H18ClN5O2. The molecule has 4 aromatic rings. The largest absolute Gasteiger partial charge is 0.482 e. The summed E-state index contributed by atoms with van der Waals surface area (Å²) < 4.78 is 5.64. The van der Waals surface area contributed by atoms with Gasteiger partial charge < -0.3 is 15.0 Å². The van der Waals surface area contributed by atoms with Crippen LogP contribution in [-0.2, 0) is 11.3 Å². The van der Waals surface area contributed by atoms with Crippen molar-refractivity contribution in [2.75, 3.05) is 16.8 Å². The Kier molecular flexibility index (Phi) is 5.39. The van der Waals surface area contributed by atoms with E-state index in [4.69, 9.17) is 16.3 Å². The van der Waals surface area contributed by atoms with E-state index in [1.54, 1.807) is 35.6 Å². The molecule has 5 rings (SSSR count). The summed E-state index contributed by atoms with van der Waals surface area (Å²) in [6.07, 6.45) is 5.15. The second kappa shape index (κ2) is 8.64. The minimum Gasteiger partial charge on any atom is -0.482 e. The van der Waals surface area contributed by atoms with Gasteiger partial charge in [0, 0.05) is 34.9 Å². The fourth-order valence-corrected chi connectivity index (χ4v) is 3.67. The van der Waals surface area contributed by atoms with E-state index in [9.17, 15) is 4.79 Å². The first kappa shape index (κ1) is 20.0. The van der Waals surface area contributed by atoms with E-state index in [-0.39, 0.29) is 12.5 Å². The zero-order chi connectivity index (χ0) is 21.9. The Hall–Kier alpha value is -3.97. The van der Waals surface area contributed by atoms with Crippen molar-refractivity contribution in [3.8, 4) is 17.0 Å². The van der Waals surface area contributed by atoms with Gasteiger partial charge in [-0.3, -0.25) is 9.78 Å². The Morgan fingerprint density at radius 3 is 2.84 bits per heavy atom. The van der Waals surface area contributed by atoms with Crippen LogP contribution in [0.3, 0.4) is 0 Å². The highest BCUT2D eigenvalue weighted by Crippen LogP contribution is 2.36. The van der Waals surface area contributed by atoms with Gasteiger partial charge in [-0.05, 0) is 54.1 Å². The van der Waals surface area contributed by atoms with Gasteiger partial charge in [-0.15, -0.1) is 0 Å². The predicted molar refractivity (Wildman–Crippen MR) is 123 cm³/mol. The predicted octanol–water partition coefficient (Wildman–Crippen LogP) is 4.86. The van der Waals surface area contributed by atoms with Crippen molar-refractivity contribution in [3.63, 3.8) is 0 Å². The summed E-state index contributed by atoms with van der Waals surface area (Å²) in [5.41, 5.74) is 3.99. The Morgan fingerprint density at radius 1 is 1.06 bits per heavy atom. The number of amides is 1. The first-order valence-corrected chi connectivity index (χ1v) is 10.4. The standard InChI is InChI=1S/C24H18ClN5O2/c25-18-4-1-5-19(12-18)28-24-27-10-8-20(29-24)17-6-7-22-21(11-17)30(23(31)15-32-22)14-16-3-2-9-26-13-16/h1-13H,14-15H2,(H,27,28,29). The maximum Gasteiger partial charge on any atom is 0.265 e. The van der Waals surface area contributed by atoms with Crippen LogP contribution in [0.2, 0.25) is 5.02 Å². The van der Waals surface area contributed by atoms with Gasteiger partial charge in [-0.25, -0.2) is 9.97 Å². The summed E-state index contributed by atoms with van der Waals surface area (Å²) in [6.45, 7) is 0.422. The fraction of sp³-hybridized carbons (Fsp3) is 0.0833. The molecular weight excluding hydrogens is 426 g/mol. The minimum absolute atomic E-state index is 0.00776. The zero-order valence-electron chi connectivity index (χ0n) is 16.9. The van der Waals surface area contributed by atoms with E-state index < -0.39 is 0 Å². The van der Waals surface area contributed by atoms with E-state index in [0.29, 0.717) is 34.6 Å². The van der Waals surface area contributed by atoms with Crippen LogP contribution in [0, 0.1) is 0 Å². The number of nitrogens with one attached hydrogen (secondary N) is 1. The number of aromatic nitrogens is 3. The molecule has 7 nitrogen and oxygen atoms in total. The summed E-state index contributed by atoms with van der Waals surface area (Å²) in [5.74, 6) is 0.995. The number of nitrogens with zero attached hydrogens (tertiary/aromatic N) is 4. The maximum absolute atomic E-state index is 12.6.